The third-order valence-corrected chi connectivity index (χ3v) is 5.07. The second-order valence-corrected chi connectivity index (χ2v) is 7.90. The summed E-state index contributed by atoms with van der Waals surface area (Å²) in [5, 5.41) is 11.3. The van der Waals surface area contributed by atoms with E-state index in [0.717, 1.165) is 0 Å². The zero-order valence-electron chi connectivity index (χ0n) is 18.1. The summed E-state index contributed by atoms with van der Waals surface area (Å²) in [6.45, 7) is 4.04. The van der Waals surface area contributed by atoms with Crippen molar-refractivity contribution in [3.63, 3.8) is 0 Å². The maximum Gasteiger partial charge on any atom is 0.573 e. The molecule has 1 aliphatic rings. The van der Waals surface area contributed by atoms with Crippen LogP contribution in [0.25, 0.3) is 0 Å². The number of halogens is 3. The minimum atomic E-state index is -4.77. The fourth-order valence-corrected chi connectivity index (χ4v) is 3.44. The Morgan fingerprint density at radius 1 is 1.15 bits per heavy atom. The number of nitrogens with zero attached hydrogens (tertiary/aromatic N) is 3. The van der Waals surface area contributed by atoms with E-state index < -0.39 is 18.4 Å². The first kappa shape index (κ1) is 24.3. The molecule has 33 heavy (non-hydrogen) atoms. The first-order valence-electron chi connectivity index (χ1n) is 10.3. The van der Waals surface area contributed by atoms with Crippen LogP contribution in [0.15, 0.2) is 48.8 Å². The van der Waals surface area contributed by atoms with E-state index in [1.54, 1.807) is 4.90 Å². The molecule has 1 aromatic heterocycles. The molecule has 0 saturated carbocycles. The molecule has 8 nitrogen and oxygen atoms in total. The van der Waals surface area contributed by atoms with Gasteiger partial charge in [-0.15, -0.1) is 13.2 Å². The van der Waals surface area contributed by atoms with Gasteiger partial charge in [-0.05, 0) is 31.5 Å². The van der Waals surface area contributed by atoms with Gasteiger partial charge in [0.15, 0.2) is 12.4 Å². The summed E-state index contributed by atoms with van der Waals surface area (Å²) in [4.78, 5) is 28.7. The summed E-state index contributed by atoms with van der Waals surface area (Å²) in [6.07, 6.45) is -2.89. The fourth-order valence-electron chi connectivity index (χ4n) is 3.44. The predicted molar refractivity (Wildman–Crippen MR) is 110 cm³/mol. The molecule has 2 heterocycles. The van der Waals surface area contributed by atoms with Gasteiger partial charge in [0.2, 0.25) is 5.91 Å². The Kier molecular flexibility index (Phi) is 7.42. The maximum absolute atomic E-state index is 12.9. The third kappa shape index (κ3) is 6.82. The second kappa shape index (κ2) is 10.1. The van der Waals surface area contributed by atoms with E-state index in [-0.39, 0.29) is 49.5 Å². The van der Waals surface area contributed by atoms with Crippen molar-refractivity contribution in [1.29, 1.82) is 0 Å². The van der Waals surface area contributed by atoms with Gasteiger partial charge in [-0.1, -0.05) is 12.1 Å². The molecule has 1 fully saturated rings. The van der Waals surface area contributed by atoms with Crippen LogP contribution in [-0.4, -0.2) is 59.8 Å². The average Bonchev–Trinajstić information content (AvgIpc) is 2.91. The number of amides is 2. The van der Waals surface area contributed by atoms with Crippen molar-refractivity contribution in [2.45, 2.75) is 39.0 Å². The summed E-state index contributed by atoms with van der Waals surface area (Å²) < 4.78 is 47.3. The molecule has 178 valence electrons. The minimum absolute atomic E-state index is 0.0701. The van der Waals surface area contributed by atoms with Crippen molar-refractivity contribution in [2.24, 2.45) is 0 Å². The van der Waals surface area contributed by atoms with E-state index in [9.17, 15) is 28.0 Å². The lowest BCUT2D eigenvalue weighted by Gasteiger charge is -2.27. The first-order chi connectivity index (χ1) is 15.5. The molecule has 2 aromatic rings. The molecule has 1 aliphatic heterocycles. The Morgan fingerprint density at radius 2 is 1.79 bits per heavy atom. The molecule has 3 rings (SSSR count). The molecular weight excluding hydrogens is 443 g/mol. The van der Waals surface area contributed by atoms with Crippen LogP contribution < -0.4 is 9.47 Å². The number of carbonyl (C=O) groups is 2. The van der Waals surface area contributed by atoms with Gasteiger partial charge >= 0.3 is 6.36 Å². The SMILES string of the molecule is CC(C)N1C[C@@H](OCc2ccc(OC(F)(F)F)cc2)CN(C(=O)c2cc[n+]([O-])cc2)CC1=O. The largest absolute Gasteiger partial charge is 0.619 e. The van der Waals surface area contributed by atoms with Crippen molar-refractivity contribution in [1.82, 2.24) is 9.80 Å². The molecule has 0 unspecified atom stereocenters. The molecule has 0 aliphatic carbocycles. The Hall–Kier alpha value is -3.34. The highest BCUT2D eigenvalue weighted by molar-refractivity contribution is 5.96. The van der Waals surface area contributed by atoms with E-state index in [2.05, 4.69) is 4.74 Å². The topological polar surface area (TPSA) is 86.0 Å². The Balaban J connectivity index is 1.71. The number of rotatable bonds is 6. The van der Waals surface area contributed by atoms with Gasteiger partial charge < -0.3 is 24.5 Å². The molecule has 11 heteroatoms. The van der Waals surface area contributed by atoms with Crippen LogP contribution in [0, 0.1) is 5.21 Å². The number of benzene rings is 1. The zero-order valence-corrected chi connectivity index (χ0v) is 18.1. The van der Waals surface area contributed by atoms with E-state index in [1.165, 1.54) is 53.7 Å². The minimum Gasteiger partial charge on any atom is -0.619 e. The van der Waals surface area contributed by atoms with Gasteiger partial charge in [0.1, 0.15) is 12.3 Å². The van der Waals surface area contributed by atoms with E-state index in [0.29, 0.717) is 10.3 Å². The van der Waals surface area contributed by atoms with Crippen LogP contribution in [0.2, 0.25) is 0 Å². The fraction of sp³-hybridized carbons (Fsp3) is 0.409. The van der Waals surface area contributed by atoms with Crippen LogP contribution in [0.1, 0.15) is 29.8 Å². The van der Waals surface area contributed by atoms with Crippen molar-refractivity contribution in [3.05, 3.63) is 65.1 Å². The van der Waals surface area contributed by atoms with Gasteiger partial charge in [-0.25, -0.2) is 0 Å². The maximum atomic E-state index is 12.9. The van der Waals surface area contributed by atoms with Crippen molar-refractivity contribution >= 4 is 11.8 Å². The summed E-state index contributed by atoms with van der Waals surface area (Å²) in [5.41, 5.74) is 0.879. The summed E-state index contributed by atoms with van der Waals surface area (Å²) in [7, 11) is 0. The van der Waals surface area contributed by atoms with Gasteiger partial charge in [0.05, 0.1) is 18.3 Å². The highest BCUT2D eigenvalue weighted by atomic mass is 19.4. The Morgan fingerprint density at radius 3 is 2.36 bits per heavy atom. The highest BCUT2D eigenvalue weighted by Gasteiger charge is 2.33. The van der Waals surface area contributed by atoms with Gasteiger partial charge in [0, 0.05) is 31.3 Å². The van der Waals surface area contributed by atoms with E-state index in [1.807, 2.05) is 13.8 Å². The summed E-state index contributed by atoms with van der Waals surface area (Å²) >= 11 is 0. The van der Waals surface area contributed by atoms with Crippen molar-refractivity contribution in [3.8, 4) is 5.75 Å². The Bertz CT molecular complexity index is 965. The number of pyridine rings is 1. The lowest BCUT2D eigenvalue weighted by atomic mass is 10.2. The van der Waals surface area contributed by atoms with Gasteiger partial charge in [-0.3, -0.25) is 9.59 Å². The van der Waals surface area contributed by atoms with E-state index >= 15 is 0 Å². The molecule has 0 N–H and O–H groups in total. The second-order valence-electron chi connectivity index (χ2n) is 7.90. The lowest BCUT2D eigenvalue weighted by Crippen LogP contribution is -2.42. The lowest BCUT2D eigenvalue weighted by molar-refractivity contribution is -0.605. The van der Waals surface area contributed by atoms with E-state index in [4.69, 9.17) is 4.74 Å². The Labute approximate surface area is 188 Å². The van der Waals surface area contributed by atoms with Crippen LogP contribution in [0.5, 0.6) is 5.75 Å². The van der Waals surface area contributed by atoms with Crippen LogP contribution in [0.4, 0.5) is 13.2 Å². The van der Waals surface area contributed by atoms with Crippen molar-refractivity contribution in [2.75, 3.05) is 19.6 Å². The number of hydrogen-bond donors (Lipinski definition) is 0. The van der Waals surface area contributed by atoms with Crippen LogP contribution in [-0.2, 0) is 16.1 Å². The molecule has 1 atom stereocenters. The molecule has 1 saturated heterocycles. The predicted octanol–water partition coefficient (Wildman–Crippen LogP) is 2.50. The summed E-state index contributed by atoms with van der Waals surface area (Å²) in [5.74, 6) is -0.971. The van der Waals surface area contributed by atoms with Crippen LogP contribution >= 0.6 is 0 Å². The van der Waals surface area contributed by atoms with Gasteiger partial charge in [0.25, 0.3) is 5.91 Å². The highest BCUT2D eigenvalue weighted by Crippen LogP contribution is 2.23. The average molecular weight is 467 g/mol. The molecule has 0 radical (unpaired) electrons. The number of carbonyl (C=O) groups excluding carboxylic acids is 2. The first-order valence-corrected chi connectivity index (χ1v) is 10.3. The summed E-state index contributed by atoms with van der Waals surface area (Å²) in [6, 6.07) is 7.93. The molecule has 0 bridgehead atoms. The van der Waals surface area contributed by atoms with Gasteiger partial charge in [-0.2, -0.15) is 4.73 Å². The monoisotopic (exact) mass is 467 g/mol. The standard InChI is InChI=1S/C22H24F3N3O5/c1-15(2)28-12-19(32-14-16-3-5-18(6-4-16)33-22(23,24)25)11-26(13-20(28)29)21(30)17-7-9-27(31)10-8-17/h3-10,15,19H,11-14H2,1-2H3/t19-/m0/s1. The van der Waals surface area contributed by atoms with Crippen molar-refractivity contribution < 1.29 is 37.0 Å². The number of ether oxygens (including phenoxy) is 2. The third-order valence-electron chi connectivity index (χ3n) is 5.07. The number of aromatic nitrogens is 1. The normalized spacial score (nSPS) is 17.3. The quantitative estimate of drug-likeness (QED) is 0.482. The number of hydrogen-bond acceptors (Lipinski definition) is 5. The van der Waals surface area contributed by atoms with Crippen LogP contribution in [0.3, 0.4) is 0 Å². The molecule has 1 aromatic carbocycles. The smallest absolute Gasteiger partial charge is 0.573 e. The molecule has 0 spiro atoms. The molecule has 2 amide bonds. The zero-order chi connectivity index (χ0) is 24.2. The number of alkyl halides is 3. The molecular formula is C22H24F3N3O5.